The number of thiazole rings is 1. The van der Waals surface area contributed by atoms with E-state index in [0.717, 1.165) is 26.6 Å². The number of hydrogen-bond donors (Lipinski definition) is 2. The maximum Gasteiger partial charge on any atom is 0.255 e. The molecule has 0 saturated carbocycles. The lowest BCUT2D eigenvalue weighted by molar-refractivity contribution is -0.115. The predicted octanol–water partition coefficient (Wildman–Crippen LogP) is 7.86. The first-order valence-electron chi connectivity index (χ1n) is 13.1. The van der Waals surface area contributed by atoms with Crippen LogP contribution in [0.25, 0.3) is 11.3 Å². The molecule has 0 aliphatic heterocycles. The zero-order valence-electron chi connectivity index (χ0n) is 23.3. The quantitative estimate of drug-likeness (QED) is 0.160. The van der Waals surface area contributed by atoms with Crippen molar-refractivity contribution in [1.82, 2.24) is 4.98 Å². The van der Waals surface area contributed by atoms with Gasteiger partial charge in [-0.2, -0.15) is 0 Å². The molecule has 1 unspecified atom stereocenters. The molecule has 0 saturated heterocycles. The van der Waals surface area contributed by atoms with Crippen molar-refractivity contribution >= 4 is 45.7 Å². The normalized spacial score (nSPS) is 11.4. The lowest BCUT2D eigenvalue weighted by Crippen LogP contribution is -2.19. The molecule has 42 heavy (non-hydrogen) atoms. The van der Waals surface area contributed by atoms with Gasteiger partial charge in [0, 0.05) is 26.6 Å². The van der Waals surface area contributed by atoms with Gasteiger partial charge in [-0.1, -0.05) is 66.7 Å². The molecule has 5 aromatic rings. The number of carbonyl (C=O) groups is 2. The molecule has 1 aromatic heterocycles. The molecule has 212 valence electrons. The molecule has 0 fully saturated rings. The van der Waals surface area contributed by atoms with Crippen LogP contribution >= 0.6 is 23.1 Å². The highest BCUT2D eigenvalue weighted by molar-refractivity contribution is 8.00. The van der Waals surface area contributed by atoms with E-state index in [1.807, 2.05) is 91.9 Å². The number of thioether (sulfide) groups is 1. The number of nitrogens with one attached hydrogen (secondary N) is 2. The van der Waals surface area contributed by atoms with Crippen molar-refractivity contribution in [3.8, 4) is 22.8 Å². The summed E-state index contributed by atoms with van der Waals surface area (Å²) in [6.07, 6.45) is 0. The third-order valence-electron chi connectivity index (χ3n) is 6.41. The smallest absolute Gasteiger partial charge is 0.255 e. The molecule has 0 bridgehead atoms. The van der Waals surface area contributed by atoms with Gasteiger partial charge in [0.2, 0.25) is 5.91 Å². The fourth-order valence-electron chi connectivity index (χ4n) is 4.35. The first kappa shape index (κ1) is 28.9. The van der Waals surface area contributed by atoms with Gasteiger partial charge >= 0.3 is 0 Å². The number of anilines is 2. The van der Waals surface area contributed by atoms with Crippen molar-refractivity contribution in [3.63, 3.8) is 0 Å². The number of carbonyl (C=O) groups excluding carboxylic acids is 2. The zero-order valence-corrected chi connectivity index (χ0v) is 24.9. The molecule has 7 nitrogen and oxygen atoms in total. The summed E-state index contributed by atoms with van der Waals surface area (Å²) in [5.41, 5.74) is 3.76. The Morgan fingerprint density at radius 1 is 0.810 bits per heavy atom. The molecule has 1 heterocycles. The number of benzene rings is 4. The largest absolute Gasteiger partial charge is 0.493 e. The van der Waals surface area contributed by atoms with Crippen molar-refractivity contribution in [1.29, 1.82) is 0 Å². The van der Waals surface area contributed by atoms with Crippen molar-refractivity contribution in [2.45, 2.75) is 17.1 Å². The van der Waals surface area contributed by atoms with Gasteiger partial charge in [-0.3, -0.25) is 9.59 Å². The summed E-state index contributed by atoms with van der Waals surface area (Å²) in [5, 5.41) is 5.97. The minimum Gasteiger partial charge on any atom is -0.493 e. The molecule has 4 aromatic carbocycles. The highest BCUT2D eigenvalue weighted by Gasteiger charge is 2.24. The lowest BCUT2D eigenvalue weighted by atomic mass is 10.1. The summed E-state index contributed by atoms with van der Waals surface area (Å²) in [6.45, 7) is 2.00. The second-order valence-corrected chi connectivity index (χ2v) is 11.6. The Bertz CT molecular complexity index is 1690. The van der Waals surface area contributed by atoms with Crippen LogP contribution in [0, 0.1) is 6.92 Å². The van der Waals surface area contributed by atoms with Crippen molar-refractivity contribution in [2.24, 2.45) is 0 Å². The van der Waals surface area contributed by atoms with Crippen LogP contribution in [-0.4, -0.2) is 31.0 Å². The molecule has 0 spiro atoms. The molecule has 2 N–H and O–H groups in total. The number of ether oxygens (including phenoxy) is 2. The lowest BCUT2D eigenvalue weighted by Gasteiger charge is -2.17. The SMILES string of the molecule is COc1ccc(C(=O)Nc2cccc(SC(C(=O)Nc3nc(-c4ccccc4)c(C)s3)c3ccccc3)c2)cc1OC. The summed E-state index contributed by atoms with van der Waals surface area (Å²) < 4.78 is 10.6. The standard InChI is InChI=1S/C33H29N3O4S2/c1-21-29(22-11-6-4-7-12-22)35-33(41-21)36-32(38)30(23-13-8-5-9-14-23)42-26-16-10-15-25(20-26)34-31(37)24-17-18-27(39-2)28(19-24)40-3/h4-20,30H,1-3H3,(H,34,37)(H,35,36,38). The number of methoxy groups -OCH3 is 2. The molecule has 2 amide bonds. The number of aromatic nitrogens is 1. The first-order chi connectivity index (χ1) is 20.4. The average Bonchev–Trinajstić information content (AvgIpc) is 3.39. The molecule has 0 radical (unpaired) electrons. The van der Waals surface area contributed by atoms with E-state index in [0.29, 0.717) is 27.9 Å². The molecule has 5 rings (SSSR count). The monoisotopic (exact) mass is 595 g/mol. The van der Waals surface area contributed by atoms with Gasteiger partial charge in [-0.25, -0.2) is 4.98 Å². The van der Waals surface area contributed by atoms with Gasteiger partial charge in [0.05, 0.1) is 19.9 Å². The number of aryl methyl sites for hydroxylation is 1. The minimum absolute atomic E-state index is 0.181. The third kappa shape index (κ3) is 6.82. The topological polar surface area (TPSA) is 89.5 Å². The Morgan fingerprint density at radius 2 is 1.52 bits per heavy atom. The number of amides is 2. The molecular formula is C33H29N3O4S2. The fraction of sp³-hybridized carbons (Fsp3) is 0.121. The number of nitrogens with zero attached hydrogens (tertiary/aromatic N) is 1. The summed E-state index contributed by atoms with van der Waals surface area (Å²) in [6, 6.07) is 32.0. The van der Waals surface area contributed by atoms with Gasteiger partial charge in [0.1, 0.15) is 5.25 Å². The predicted molar refractivity (Wildman–Crippen MR) is 170 cm³/mol. The third-order valence-corrected chi connectivity index (χ3v) is 8.54. The fourth-order valence-corrected chi connectivity index (χ4v) is 6.27. The maximum absolute atomic E-state index is 13.7. The second-order valence-electron chi connectivity index (χ2n) is 9.24. The van der Waals surface area contributed by atoms with Gasteiger partial charge < -0.3 is 20.1 Å². The number of hydrogen-bond acceptors (Lipinski definition) is 7. The Balaban J connectivity index is 1.34. The van der Waals surface area contributed by atoms with Crippen LogP contribution < -0.4 is 20.1 Å². The summed E-state index contributed by atoms with van der Waals surface area (Å²) in [7, 11) is 3.07. The van der Waals surface area contributed by atoms with Gasteiger partial charge in [0.25, 0.3) is 5.91 Å². The molecule has 1 atom stereocenters. The van der Waals surface area contributed by atoms with Crippen molar-refractivity contribution in [2.75, 3.05) is 24.9 Å². The van der Waals surface area contributed by atoms with Crippen LogP contribution in [0.1, 0.15) is 26.0 Å². The summed E-state index contributed by atoms with van der Waals surface area (Å²) >= 11 is 2.85. The second kappa shape index (κ2) is 13.4. The minimum atomic E-state index is -0.549. The van der Waals surface area contributed by atoms with Gasteiger partial charge in [0.15, 0.2) is 16.6 Å². The van der Waals surface area contributed by atoms with Crippen molar-refractivity contribution in [3.05, 3.63) is 119 Å². The first-order valence-corrected chi connectivity index (χ1v) is 14.8. The highest BCUT2D eigenvalue weighted by atomic mass is 32.2. The molecular weight excluding hydrogens is 567 g/mol. The highest BCUT2D eigenvalue weighted by Crippen LogP contribution is 2.38. The Labute approximate surface area is 252 Å². The van der Waals surface area contributed by atoms with Gasteiger partial charge in [-0.05, 0) is 48.9 Å². The van der Waals surface area contributed by atoms with Gasteiger partial charge in [-0.15, -0.1) is 23.1 Å². The van der Waals surface area contributed by atoms with E-state index < -0.39 is 5.25 Å². The summed E-state index contributed by atoms with van der Waals surface area (Å²) in [4.78, 5) is 33.2. The van der Waals surface area contributed by atoms with Crippen LogP contribution in [0.2, 0.25) is 0 Å². The van der Waals surface area contributed by atoms with Crippen LogP contribution in [0.15, 0.2) is 108 Å². The van der Waals surface area contributed by atoms with E-state index in [2.05, 4.69) is 10.6 Å². The Morgan fingerprint density at radius 3 is 2.24 bits per heavy atom. The average molecular weight is 596 g/mol. The van der Waals surface area contributed by atoms with E-state index in [9.17, 15) is 9.59 Å². The van der Waals surface area contributed by atoms with E-state index in [4.69, 9.17) is 14.5 Å². The maximum atomic E-state index is 13.7. The molecule has 9 heteroatoms. The van der Waals surface area contributed by atoms with E-state index in [-0.39, 0.29) is 11.8 Å². The van der Waals surface area contributed by atoms with E-state index >= 15 is 0 Å². The van der Waals surface area contributed by atoms with Crippen LogP contribution in [-0.2, 0) is 4.79 Å². The molecule has 0 aliphatic carbocycles. The van der Waals surface area contributed by atoms with Crippen LogP contribution in [0.4, 0.5) is 10.8 Å². The Hall–Kier alpha value is -4.60. The zero-order chi connectivity index (χ0) is 29.5. The van der Waals surface area contributed by atoms with Crippen LogP contribution in [0.3, 0.4) is 0 Å². The van der Waals surface area contributed by atoms with E-state index in [1.54, 1.807) is 25.3 Å². The van der Waals surface area contributed by atoms with Crippen molar-refractivity contribution < 1.29 is 19.1 Å². The van der Waals surface area contributed by atoms with Crippen LogP contribution in [0.5, 0.6) is 11.5 Å². The Kier molecular flexibility index (Phi) is 9.21. The molecule has 0 aliphatic rings. The summed E-state index contributed by atoms with van der Waals surface area (Å²) in [5.74, 6) is 0.544. The number of rotatable bonds is 10. The van der Waals surface area contributed by atoms with E-state index in [1.165, 1.54) is 30.2 Å².